The van der Waals surface area contributed by atoms with Gasteiger partial charge in [0.1, 0.15) is 10.4 Å². The molecule has 3 heterocycles. The largest absolute Gasteiger partial charge is 0.477 e. The molecule has 0 spiro atoms. The van der Waals surface area contributed by atoms with Crippen LogP contribution in [-0.2, 0) is 6.54 Å². The van der Waals surface area contributed by atoms with Crippen molar-refractivity contribution in [3.05, 3.63) is 74.4 Å². The molecule has 5 aromatic rings. The van der Waals surface area contributed by atoms with Gasteiger partial charge >= 0.3 is 11.7 Å². The first-order valence-electron chi connectivity index (χ1n) is 9.98. The van der Waals surface area contributed by atoms with Gasteiger partial charge in [-0.15, -0.1) is 11.3 Å². The van der Waals surface area contributed by atoms with Crippen LogP contribution in [0.1, 0.15) is 20.1 Å². The standard InChI is InChI=1S/C23H18N4O5S/c1-12-17-18(19(33-12)21(28)29)27(22(24-17)31-2)11-13-7-9-14(10-8-13)15-5-3-4-6-16(15)20-25-23(30)32-26-20/h3-10H,11H2,1-2H3,(H,28,29)(H,25,26,30). The second-order valence-corrected chi connectivity index (χ2v) is 8.59. The molecule has 166 valence electrons. The van der Waals surface area contributed by atoms with Crippen molar-refractivity contribution in [1.29, 1.82) is 0 Å². The lowest BCUT2D eigenvalue weighted by atomic mass is 9.98. The van der Waals surface area contributed by atoms with Gasteiger partial charge in [-0.1, -0.05) is 53.7 Å². The summed E-state index contributed by atoms with van der Waals surface area (Å²) in [5.41, 5.74) is 4.71. The molecular weight excluding hydrogens is 444 g/mol. The Labute approximate surface area is 190 Å². The number of hydrogen-bond donors (Lipinski definition) is 2. The second-order valence-electron chi connectivity index (χ2n) is 7.36. The zero-order valence-corrected chi connectivity index (χ0v) is 18.5. The number of aromatic amines is 1. The number of aromatic nitrogens is 4. The first-order valence-corrected chi connectivity index (χ1v) is 10.8. The van der Waals surface area contributed by atoms with Crippen molar-refractivity contribution in [2.45, 2.75) is 13.5 Å². The number of hydrogen-bond acceptors (Lipinski definition) is 7. The van der Waals surface area contributed by atoms with Gasteiger partial charge in [-0.3, -0.25) is 14.1 Å². The van der Waals surface area contributed by atoms with E-state index >= 15 is 0 Å². The highest BCUT2D eigenvalue weighted by Gasteiger charge is 2.23. The van der Waals surface area contributed by atoms with Gasteiger partial charge in [0.15, 0.2) is 5.82 Å². The maximum Gasteiger partial charge on any atom is 0.439 e. The third-order valence-electron chi connectivity index (χ3n) is 5.34. The zero-order valence-electron chi connectivity index (χ0n) is 17.7. The summed E-state index contributed by atoms with van der Waals surface area (Å²) in [7, 11) is 1.52. The van der Waals surface area contributed by atoms with E-state index < -0.39 is 11.7 Å². The number of nitrogens with zero attached hydrogens (tertiary/aromatic N) is 3. The normalized spacial score (nSPS) is 11.2. The molecule has 0 amide bonds. The number of rotatable bonds is 6. The molecule has 9 nitrogen and oxygen atoms in total. The van der Waals surface area contributed by atoms with Gasteiger partial charge in [0.05, 0.1) is 19.2 Å². The van der Waals surface area contributed by atoms with Crippen molar-refractivity contribution in [1.82, 2.24) is 19.7 Å². The minimum Gasteiger partial charge on any atom is -0.477 e. The van der Waals surface area contributed by atoms with E-state index in [0.29, 0.717) is 29.4 Å². The third kappa shape index (κ3) is 3.60. The maximum atomic E-state index is 11.8. The van der Waals surface area contributed by atoms with Crippen LogP contribution in [0.15, 0.2) is 57.8 Å². The molecule has 10 heteroatoms. The van der Waals surface area contributed by atoms with Gasteiger partial charge in [0.2, 0.25) is 0 Å². The van der Waals surface area contributed by atoms with Gasteiger partial charge < -0.3 is 9.84 Å². The summed E-state index contributed by atoms with van der Waals surface area (Å²) in [5.74, 6) is -1.24. The number of aromatic carboxylic acids is 1. The molecule has 0 aliphatic heterocycles. The summed E-state index contributed by atoms with van der Waals surface area (Å²) in [4.78, 5) is 31.3. The van der Waals surface area contributed by atoms with Gasteiger partial charge in [-0.05, 0) is 23.6 Å². The smallest absolute Gasteiger partial charge is 0.439 e. The van der Waals surface area contributed by atoms with Crippen molar-refractivity contribution in [3.8, 4) is 28.5 Å². The van der Waals surface area contributed by atoms with E-state index in [1.807, 2.05) is 55.5 Å². The molecule has 0 radical (unpaired) electrons. The lowest BCUT2D eigenvalue weighted by molar-refractivity contribution is 0.0703. The fourth-order valence-electron chi connectivity index (χ4n) is 3.86. The number of fused-ring (bicyclic) bond motifs is 1. The molecule has 5 rings (SSSR count). The topological polar surface area (TPSA) is 123 Å². The van der Waals surface area contributed by atoms with E-state index in [1.165, 1.54) is 18.4 Å². The van der Waals surface area contributed by atoms with Crippen LogP contribution < -0.4 is 10.5 Å². The molecule has 0 saturated heterocycles. The summed E-state index contributed by atoms with van der Waals surface area (Å²) in [6, 6.07) is 15.8. The molecule has 2 N–H and O–H groups in total. The van der Waals surface area contributed by atoms with Crippen LogP contribution in [-0.4, -0.2) is 37.9 Å². The van der Waals surface area contributed by atoms with Crippen LogP contribution in [0.3, 0.4) is 0 Å². The van der Waals surface area contributed by atoms with E-state index in [9.17, 15) is 14.7 Å². The zero-order chi connectivity index (χ0) is 23.1. The van der Waals surface area contributed by atoms with E-state index in [1.54, 1.807) is 4.57 Å². The minimum absolute atomic E-state index is 0.241. The van der Waals surface area contributed by atoms with Crippen LogP contribution in [0.4, 0.5) is 0 Å². The van der Waals surface area contributed by atoms with Crippen molar-refractivity contribution < 1.29 is 19.2 Å². The molecule has 0 unspecified atom stereocenters. The number of imidazole rings is 1. The Morgan fingerprint density at radius 1 is 1.18 bits per heavy atom. The number of carboxylic acids is 1. The van der Waals surface area contributed by atoms with Gasteiger partial charge in [0.25, 0.3) is 6.01 Å². The van der Waals surface area contributed by atoms with Crippen LogP contribution in [0.25, 0.3) is 33.5 Å². The molecule has 3 aromatic heterocycles. The molecule has 2 aromatic carbocycles. The minimum atomic E-state index is -0.986. The quantitative estimate of drug-likeness (QED) is 0.388. The first-order chi connectivity index (χ1) is 16.0. The molecule has 0 atom stereocenters. The number of nitrogens with one attached hydrogen (secondary N) is 1. The highest BCUT2D eigenvalue weighted by atomic mass is 32.1. The number of methoxy groups -OCH3 is 1. The predicted molar refractivity (Wildman–Crippen MR) is 123 cm³/mol. The summed E-state index contributed by atoms with van der Waals surface area (Å²) in [6.07, 6.45) is 0. The van der Waals surface area contributed by atoms with Gasteiger partial charge in [0, 0.05) is 10.4 Å². The Morgan fingerprint density at radius 3 is 2.55 bits per heavy atom. The Hall–Kier alpha value is -4.18. The van der Waals surface area contributed by atoms with Crippen LogP contribution in [0.5, 0.6) is 6.01 Å². The number of benzene rings is 2. The van der Waals surface area contributed by atoms with Crippen LogP contribution in [0, 0.1) is 6.92 Å². The highest BCUT2D eigenvalue weighted by molar-refractivity contribution is 7.15. The number of carboxylic acid groups (broad SMARTS) is 1. The second kappa shape index (κ2) is 8.06. The van der Waals surface area contributed by atoms with Crippen LogP contribution >= 0.6 is 11.3 Å². The molecular formula is C23H18N4O5S. The Kier molecular flexibility index (Phi) is 5.06. The highest BCUT2D eigenvalue weighted by Crippen LogP contribution is 2.35. The molecule has 0 saturated carbocycles. The number of thiophene rings is 1. The summed E-state index contributed by atoms with van der Waals surface area (Å²) >= 11 is 1.21. The van der Waals surface area contributed by atoms with Gasteiger partial charge in [-0.2, -0.15) is 4.98 Å². The predicted octanol–water partition coefficient (Wildman–Crippen LogP) is 4.17. The first kappa shape index (κ1) is 20.7. The van der Waals surface area contributed by atoms with E-state index in [4.69, 9.17) is 4.74 Å². The Morgan fingerprint density at radius 2 is 1.91 bits per heavy atom. The van der Waals surface area contributed by atoms with Gasteiger partial charge in [-0.25, -0.2) is 9.59 Å². The Balaban J connectivity index is 1.52. The fourth-order valence-corrected chi connectivity index (χ4v) is 4.80. The maximum absolute atomic E-state index is 11.8. The summed E-state index contributed by atoms with van der Waals surface area (Å²) in [6.45, 7) is 2.25. The van der Waals surface area contributed by atoms with E-state index in [-0.39, 0.29) is 4.88 Å². The average molecular weight is 462 g/mol. The number of aryl methyl sites for hydroxylation is 1. The van der Waals surface area contributed by atoms with E-state index in [2.05, 4.69) is 19.6 Å². The van der Waals surface area contributed by atoms with Crippen LogP contribution in [0.2, 0.25) is 0 Å². The average Bonchev–Trinajstić information content (AvgIpc) is 3.50. The molecule has 0 fully saturated rings. The SMILES string of the molecule is COc1nc2c(C)sc(C(=O)O)c2n1Cc1ccc(-c2ccccc2-c2noc(=O)[nH]2)cc1. The number of ether oxygens (including phenoxy) is 1. The Bertz CT molecular complexity index is 1540. The fraction of sp³-hybridized carbons (Fsp3) is 0.130. The number of carbonyl (C=O) groups is 1. The van der Waals surface area contributed by atoms with E-state index in [0.717, 1.165) is 27.1 Å². The monoisotopic (exact) mass is 462 g/mol. The van der Waals surface area contributed by atoms with Crippen molar-refractivity contribution >= 4 is 28.3 Å². The summed E-state index contributed by atoms with van der Waals surface area (Å²) < 4.78 is 11.9. The lowest BCUT2D eigenvalue weighted by Crippen LogP contribution is -2.05. The van der Waals surface area contributed by atoms with Crippen molar-refractivity contribution in [2.75, 3.05) is 7.11 Å². The third-order valence-corrected chi connectivity index (χ3v) is 6.41. The van der Waals surface area contributed by atoms with Crippen molar-refractivity contribution in [3.63, 3.8) is 0 Å². The van der Waals surface area contributed by atoms with Crippen molar-refractivity contribution in [2.24, 2.45) is 0 Å². The summed E-state index contributed by atoms with van der Waals surface area (Å²) in [5, 5.41) is 13.4. The molecule has 0 aliphatic rings. The lowest BCUT2D eigenvalue weighted by Gasteiger charge is -2.10. The molecule has 0 bridgehead atoms. The molecule has 33 heavy (non-hydrogen) atoms. The molecule has 0 aliphatic carbocycles. The number of H-pyrrole nitrogens is 1.